The first-order valence-electron chi connectivity index (χ1n) is 10.2. The van der Waals surface area contributed by atoms with Gasteiger partial charge in [0.2, 0.25) is 17.7 Å². The summed E-state index contributed by atoms with van der Waals surface area (Å²) in [6.45, 7) is 3.05. The Morgan fingerprint density at radius 2 is 1.81 bits per heavy atom. The number of hydrogen-bond donors (Lipinski definition) is 5. The maximum Gasteiger partial charge on any atom is 0.325 e. The molecule has 31 heavy (non-hydrogen) atoms. The van der Waals surface area contributed by atoms with Crippen LogP contribution in [-0.4, -0.2) is 75.6 Å². The van der Waals surface area contributed by atoms with Crippen molar-refractivity contribution in [3.63, 3.8) is 0 Å². The number of amides is 3. The minimum atomic E-state index is -1.20. The number of carboxylic acids is 1. The third-order valence-electron chi connectivity index (χ3n) is 5.29. The van der Waals surface area contributed by atoms with E-state index in [9.17, 15) is 24.3 Å². The Morgan fingerprint density at radius 3 is 2.39 bits per heavy atom. The Balaban J connectivity index is 2.16. The first-order valence-corrected chi connectivity index (χ1v) is 10.2. The summed E-state index contributed by atoms with van der Waals surface area (Å²) in [4.78, 5) is 50.7. The van der Waals surface area contributed by atoms with E-state index < -0.39 is 54.0 Å². The molecule has 1 aromatic rings. The van der Waals surface area contributed by atoms with Crippen LogP contribution in [-0.2, 0) is 25.6 Å². The number of carbonyl (C=O) groups is 4. The topological polar surface area (TPSA) is 162 Å². The molecule has 0 bridgehead atoms. The van der Waals surface area contributed by atoms with E-state index in [1.165, 1.54) is 18.7 Å². The Morgan fingerprint density at radius 1 is 1.16 bits per heavy atom. The van der Waals surface area contributed by atoms with Crippen LogP contribution in [0.5, 0.6) is 0 Å². The highest BCUT2D eigenvalue weighted by molar-refractivity contribution is 5.94. The zero-order chi connectivity index (χ0) is 23.1. The minimum Gasteiger partial charge on any atom is -0.480 e. The molecule has 2 rings (SSSR count). The van der Waals surface area contributed by atoms with E-state index in [1.807, 2.05) is 6.07 Å². The van der Waals surface area contributed by atoms with Crippen molar-refractivity contribution in [3.8, 4) is 0 Å². The molecule has 0 aromatic heterocycles. The van der Waals surface area contributed by atoms with Gasteiger partial charge >= 0.3 is 5.97 Å². The van der Waals surface area contributed by atoms with Crippen LogP contribution in [0.4, 0.5) is 0 Å². The van der Waals surface area contributed by atoms with E-state index in [0.717, 1.165) is 5.56 Å². The molecule has 5 unspecified atom stereocenters. The summed E-state index contributed by atoms with van der Waals surface area (Å²) in [5.41, 5.74) is 6.52. The zero-order valence-electron chi connectivity index (χ0n) is 17.7. The summed E-state index contributed by atoms with van der Waals surface area (Å²) in [5.74, 6) is -2.89. The number of nitrogens with zero attached hydrogens (tertiary/aromatic N) is 1. The van der Waals surface area contributed by atoms with Gasteiger partial charge in [0.25, 0.3) is 0 Å². The van der Waals surface area contributed by atoms with E-state index in [4.69, 9.17) is 10.8 Å². The lowest BCUT2D eigenvalue weighted by molar-refractivity contribution is -0.143. The average molecular weight is 434 g/mol. The monoisotopic (exact) mass is 434 g/mol. The summed E-state index contributed by atoms with van der Waals surface area (Å²) in [6.07, 6.45) is 0.0708. The van der Waals surface area contributed by atoms with Crippen molar-refractivity contribution in [2.24, 2.45) is 5.73 Å². The number of likely N-dealkylation sites (tertiary alicyclic amines) is 1. The second-order valence-corrected chi connectivity index (χ2v) is 7.78. The molecule has 1 aromatic carbocycles. The quantitative estimate of drug-likeness (QED) is 0.333. The van der Waals surface area contributed by atoms with Gasteiger partial charge in [-0.2, -0.15) is 0 Å². The summed E-state index contributed by atoms with van der Waals surface area (Å²) in [7, 11) is 0. The summed E-state index contributed by atoms with van der Waals surface area (Å²) in [6, 6.07) is 4.86. The lowest BCUT2D eigenvalue weighted by atomic mass is 10.0. The van der Waals surface area contributed by atoms with Crippen molar-refractivity contribution in [2.45, 2.75) is 63.4 Å². The Hall–Kier alpha value is -2.98. The van der Waals surface area contributed by atoms with Crippen LogP contribution >= 0.6 is 0 Å². The SMILES string of the molecule is CC(NC(=O)C(Cc1ccccc1)NC(=O)C1CCCN1C(=O)C(N)C(C)O)C(=O)O. The second-order valence-electron chi connectivity index (χ2n) is 7.78. The van der Waals surface area contributed by atoms with Crippen LogP contribution in [0.25, 0.3) is 0 Å². The summed E-state index contributed by atoms with van der Waals surface area (Å²) < 4.78 is 0. The molecule has 0 radical (unpaired) electrons. The van der Waals surface area contributed by atoms with Crippen molar-refractivity contribution < 1.29 is 29.4 Å². The summed E-state index contributed by atoms with van der Waals surface area (Å²) >= 11 is 0. The van der Waals surface area contributed by atoms with Crippen molar-refractivity contribution in [1.82, 2.24) is 15.5 Å². The lowest BCUT2D eigenvalue weighted by Crippen LogP contribution is -2.57. The number of carbonyl (C=O) groups excluding carboxylic acids is 3. The van der Waals surface area contributed by atoms with E-state index in [-0.39, 0.29) is 6.42 Å². The number of nitrogens with two attached hydrogens (primary N) is 1. The molecule has 1 fully saturated rings. The molecule has 0 aliphatic carbocycles. The number of benzene rings is 1. The molecule has 1 heterocycles. The maximum atomic E-state index is 13.0. The molecule has 3 amide bonds. The molecular weight excluding hydrogens is 404 g/mol. The number of aliphatic hydroxyl groups is 1. The fourth-order valence-electron chi connectivity index (χ4n) is 3.40. The highest BCUT2D eigenvalue weighted by Crippen LogP contribution is 2.19. The Kier molecular flexibility index (Phi) is 8.52. The molecule has 1 saturated heterocycles. The van der Waals surface area contributed by atoms with Gasteiger partial charge in [0.15, 0.2) is 0 Å². The van der Waals surface area contributed by atoms with Crippen LogP contribution in [0.2, 0.25) is 0 Å². The van der Waals surface area contributed by atoms with Gasteiger partial charge in [-0.05, 0) is 32.3 Å². The van der Waals surface area contributed by atoms with Crippen LogP contribution in [0.3, 0.4) is 0 Å². The van der Waals surface area contributed by atoms with Gasteiger partial charge < -0.3 is 31.5 Å². The molecule has 1 aliphatic heterocycles. The average Bonchev–Trinajstić information content (AvgIpc) is 3.22. The first-order chi connectivity index (χ1) is 14.6. The summed E-state index contributed by atoms with van der Waals surface area (Å²) in [5, 5.41) is 23.7. The highest BCUT2D eigenvalue weighted by Gasteiger charge is 2.38. The zero-order valence-corrected chi connectivity index (χ0v) is 17.7. The third kappa shape index (κ3) is 6.50. The fourth-order valence-corrected chi connectivity index (χ4v) is 3.40. The van der Waals surface area contributed by atoms with Gasteiger partial charge in [-0.3, -0.25) is 19.2 Å². The van der Waals surface area contributed by atoms with Gasteiger partial charge in [-0.15, -0.1) is 0 Å². The third-order valence-corrected chi connectivity index (χ3v) is 5.29. The lowest BCUT2D eigenvalue weighted by Gasteiger charge is -2.29. The first kappa shape index (κ1) is 24.3. The molecular formula is C21H30N4O6. The van der Waals surface area contributed by atoms with Crippen LogP contribution < -0.4 is 16.4 Å². The van der Waals surface area contributed by atoms with Gasteiger partial charge in [0.05, 0.1) is 6.10 Å². The van der Waals surface area contributed by atoms with Crippen molar-refractivity contribution in [2.75, 3.05) is 6.54 Å². The van der Waals surface area contributed by atoms with Gasteiger partial charge in [-0.25, -0.2) is 0 Å². The number of aliphatic hydroxyl groups excluding tert-OH is 1. The highest BCUT2D eigenvalue weighted by atomic mass is 16.4. The second kappa shape index (κ2) is 10.9. The molecule has 1 aliphatic rings. The number of nitrogens with one attached hydrogen (secondary N) is 2. The maximum absolute atomic E-state index is 13.0. The minimum absolute atomic E-state index is 0.151. The molecule has 0 spiro atoms. The number of hydrogen-bond acceptors (Lipinski definition) is 6. The van der Waals surface area contributed by atoms with Crippen LogP contribution in [0.15, 0.2) is 30.3 Å². The molecule has 10 heteroatoms. The van der Waals surface area contributed by atoms with Crippen molar-refractivity contribution >= 4 is 23.7 Å². The molecule has 10 nitrogen and oxygen atoms in total. The fraction of sp³-hybridized carbons (Fsp3) is 0.524. The van der Waals surface area contributed by atoms with Gasteiger partial charge in [0.1, 0.15) is 24.2 Å². The van der Waals surface area contributed by atoms with Crippen LogP contribution in [0, 0.1) is 0 Å². The number of aliphatic carboxylic acids is 1. The molecule has 5 atom stereocenters. The number of rotatable bonds is 9. The Bertz CT molecular complexity index is 800. The largest absolute Gasteiger partial charge is 0.480 e. The molecule has 6 N–H and O–H groups in total. The van der Waals surface area contributed by atoms with Gasteiger partial charge in [-0.1, -0.05) is 30.3 Å². The molecule has 170 valence electrons. The van der Waals surface area contributed by atoms with E-state index in [1.54, 1.807) is 24.3 Å². The standard InChI is InChI=1S/C21H30N4O6/c1-12(21(30)31)23-18(27)15(11-14-7-4-3-5-8-14)24-19(28)16-9-6-10-25(16)20(29)17(22)13(2)26/h3-5,7-8,12-13,15-17,26H,6,9-11,22H2,1-2H3,(H,23,27)(H,24,28)(H,30,31). The Labute approximate surface area is 180 Å². The van der Waals surface area contributed by atoms with Gasteiger partial charge in [0, 0.05) is 13.0 Å². The number of carboxylic acid groups (broad SMARTS) is 1. The predicted molar refractivity (Wildman–Crippen MR) is 112 cm³/mol. The van der Waals surface area contributed by atoms with Crippen LogP contribution in [0.1, 0.15) is 32.3 Å². The van der Waals surface area contributed by atoms with Crippen molar-refractivity contribution in [3.05, 3.63) is 35.9 Å². The van der Waals surface area contributed by atoms with Crippen molar-refractivity contribution in [1.29, 1.82) is 0 Å². The molecule has 0 saturated carbocycles. The van der Waals surface area contributed by atoms with E-state index in [0.29, 0.717) is 19.4 Å². The van der Waals surface area contributed by atoms with E-state index >= 15 is 0 Å². The van der Waals surface area contributed by atoms with E-state index in [2.05, 4.69) is 10.6 Å². The smallest absolute Gasteiger partial charge is 0.325 e. The predicted octanol–water partition coefficient (Wildman–Crippen LogP) is -0.998. The normalized spacial score (nSPS) is 19.7.